The summed E-state index contributed by atoms with van der Waals surface area (Å²) in [7, 11) is 1.53. The Morgan fingerprint density at radius 1 is 1.53 bits per heavy atom. The van der Waals surface area contributed by atoms with Crippen molar-refractivity contribution in [2.45, 2.75) is 32.6 Å². The third-order valence-corrected chi connectivity index (χ3v) is 3.29. The minimum atomic E-state index is 0.0627. The largest absolute Gasteiger partial charge is 0.377 e. The second kappa shape index (κ2) is 4.86. The summed E-state index contributed by atoms with van der Waals surface area (Å²) in [6.45, 7) is 6.54. The van der Waals surface area contributed by atoms with Crippen molar-refractivity contribution in [2.24, 2.45) is 0 Å². The Labute approximate surface area is 94.5 Å². The van der Waals surface area contributed by atoms with Crippen molar-refractivity contribution in [3.8, 4) is 0 Å². The monoisotopic (exact) mass is 227 g/mol. The van der Waals surface area contributed by atoms with Gasteiger partial charge in [-0.2, -0.15) is 0 Å². The van der Waals surface area contributed by atoms with Crippen LogP contribution in [0.25, 0.3) is 0 Å². The standard InChI is InChI=1S/C11H17NO2S/c1-11(2,3)10-12-6-9(15-10)5-8(13)7-14-4/h6H,5,7H2,1-4H3. The molecule has 0 aliphatic rings. The lowest BCUT2D eigenvalue weighted by atomic mass is 9.98. The highest BCUT2D eigenvalue weighted by atomic mass is 32.1. The van der Waals surface area contributed by atoms with E-state index in [-0.39, 0.29) is 17.8 Å². The van der Waals surface area contributed by atoms with Crippen LogP contribution in [-0.4, -0.2) is 24.5 Å². The van der Waals surface area contributed by atoms with Crippen LogP contribution in [0.5, 0.6) is 0 Å². The van der Waals surface area contributed by atoms with Crippen LogP contribution in [0.4, 0.5) is 0 Å². The van der Waals surface area contributed by atoms with E-state index in [1.165, 1.54) is 7.11 Å². The van der Waals surface area contributed by atoms with E-state index in [4.69, 9.17) is 4.74 Å². The molecule has 0 saturated carbocycles. The molecule has 1 aromatic heterocycles. The van der Waals surface area contributed by atoms with Gasteiger partial charge in [-0.25, -0.2) is 4.98 Å². The lowest BCUT2D eigenvalue weighted by molar-refractivity contribution is -0.121. The molecule has 0 unspecified atom stereocenters. The van der Waals surface area contributed by atoms with Crippen molar-refractivity contribution in [1.29, 1.82) is 0 Å². The number of carbonyl (C=O) groups is 1. The SMILES string of the molecule is COCC(=O)Cc1cnc(C(C)(C)C)s1. The van der Waals surface area contributed by atoms with Gasteiger partial charge in [-0.05, 0) is 0 Å². The maximum absolute atomic E-state index is 11.3. The van der Waals surface area contributed by atoms with Crippen LogP contribution in [0, 0.1) is 0 Å². The van der Waals surface area contributed by atoms with Gasteiger partial charge in [-0.1, -0.05) is 20.8 Å². The Hall–Kier alpha value is -0.740. The molecule has 15 heavy (non-hydrogen) atoms. The third kappa shape index (κ3) is 3.72. The molecule has 3 nitrogen and oxygen atoms in total. The van der Waals surface area contributed by atoms with Crippen molar-refractivity contribution >= 4 is 17.1 Å². The summed E-state index contributed by atoms with van der Waals surface area (Å²) < 4.78 is 4.78. The van der Waals surface area contributed by atoms with Gasteiger partial charge in [0.2, 0.25) is 0 Å². The molecule has 0 aromatic carbocycles. The number of ketones is 1. The molecule has 0 fully saturated rings. The molecular formula is C11H17NO2S. The fourth-order valence-corrected chi connectivity index (χ4v) is 2.14. The molecule has 4 heteroatoms. The molecule has 1 rings (SSSR count). The average molecular weight is 227 g/mol. The lowest BCUT2D eigenvalue weighted by Crippen LogP contribution is -2.10. The number of ether oxygens (including phenoxy) is 1. The number of hydrogen-bond acceptors (Lipinski definition) is 4. The number of hydrogen-bond donors (Lipinski definition) is 0. The molecule has 0 bridgehead atoms. The van der Waals surface area contributed by atoms with E-state index in [2.05, 4.69) is 25.8 Å². The van der Waals surface area contributed by atoms with E-state index >= 15 is 0 Å². The van der Waals surface area contributed by atoms with Gasteiger partial charge < -0.3 is 4.74 Å². The number of carbonyl (C=O) groups excluding carboxylic acids is 1. The molecule has 0 atom stereocenters. The second-order valence-corrected chi connectivity index (χ2v) is 5.65. The molecule has 84 valence electrons. The molecule has 1 aromatic rings. The highest BCUT2D eigenvalue weighted by Gasteiger charge is 2.18. The zero-order valence-corrected chi connectivity index (χ0v) is 10.5. The molecule has 0 amide bonds. The van der Waals surface area contributed by atoms with Gasteiger partial charge in [0.05, 0.1) is 5.01 Å². The Balaban J connectivity index is 2.65. The first-order valence-corrected chi connectivity index (χ1v) is 5.71. The van der Waals surface area contributed by atoms with E-state index in [0.29, 0.717) is 6.42 Å². The first-order valence-electron chi connectivity index (χ1n) is 4.89. The number of nitrogens with zero attached hydrogens (tertiary/aromatic N) is 1. The van der Waals surface area contributed by atoms with Gasteiger partial charge >= 0.3 is 0 Å². The third-order valence-electron chi connectivity index (χ3n) is 1.87. The van der Waals surface area contributed by atoms with Gasteiger partial charge in [-0.3, -0.25) is 4.79 Å². The normalized spacial score (nSPS) is 11.7. The summed E-state index contributed by atoms with van der Waals surface area (Å²) in [5, 5.41) is 1.07. The van der Waals surface area contributed by atoms with Crippen LogP contribution < -0.4 is 0 Å². The van der Waals surface area contributed by atoms with Crippen molar-refractivity contribution in [3.05, 3.63) is 16.1 Å². The van der Waals surface area contributed by atoms with Crippen LogP contribution in [0.2, 0.25) is 0 Å². The summed E-state index contributed by atoms with van der Waals surface area (Å²) in [4.78, 5) is 16.7. The van der Waals surface area contributed by atoms with E-state index < -0.39 is 0 Å². The van der Waals surface area contributed by atoms with Crippen LogP contribution >= 0.6 is 11.3 Å². The predicted octanol–water partition coefficient (Wildman–Crippen LogP) is 2.20. The zero-order chi connectivity index (χ0) is 11.5. The molecule has 1 heterocycles. The molecule has 0 N–H and O–H groups in total. The van der Waals surface area contributed by atoms with Gasteiger partial charge in [-0.15, -0.1) is 11.3 Å². The fourth-order valence-electron chi connectivity index (χ4n) is 1.14. The Kier molecular flexibility index (Phi) is 3.99. The molecule has 0 radical (unpaired) electrons. The number of methoxy groups -OCH3 is 1. The van der Waals surface area contributed by atoms with E-state index in [0.717, 1.165) is 9.88 Å². The minimum Gasteiger partial charge on any atom is -0.377 e. The molecular weight excluding hydrogens is 210 g/mol. The fraction of sp³-hybridized carbons (Fsp3) is 0.636. The van der Waals surface area contributed by atoms with Crippen LogP contribution in [-0.2, 0) is 21.4 Å². The smallest absolute Gasteiger partial charge is 0.163 e. The van der Waals surface area contributed by atoms with E-state index in [1.807, 2.05) is 0 Å². The van der Waals surface area contributed by atoms with E-state index in [9.17, 15) is 4.79 Å². The molecule has 0 spiro atoms. The van der Waals surface area contributed by atoms with Crippen molar-refractivity contribution in [3.63, 3.8) is 0 Å². The summed E-state index contributed by atoms with van der Waals surface area (Å²) in [5.74, 6) is 0.0987. The maximum Gasteiger partial charge on any atom is 0.163 e. The van der Waals surface area contributed by atoms with Crippen molar-refractivity contribution < 1.29 is 9.53 Å². The minimum absolute atomic E-state index is 0.0627. The van der Waals surface area contributed by atoms with Gasteiger partial charge in [0.15, 0.2) is 5.78 Å². The first-order chi connectivity index (χ1) is 6.93. The highest BCUT2D eigenvalue weighted by Crippen LogP contribution is 2.26. The number of thiazole rings is 1. The molecule has 0 saturated heterocycles. The molecule has 0 aliphatic carbocycles. The predicted molar refractivity (Wildman–Crippen MR) is 61.4 cm³/mol. The quantitative estimate of drug-likeness (QED) is 0.791. The summed E-state index contributed by atoms with van der Waals surface area (Å²) in [6, 6.07) is 0. The second-order valence-electron chi connectivity index (χ2n) is 4.53. The van der Waals surface area contributed by atoms with E-state index in [1.54, 1.807) is 17.5 Å². The average Bonchev–Trinajstić information content (AvgIpc) is 2.52. The Morgan fingerprint density at radius 2 is 2.20 bits per heavy atom. The van der Waals surface area contributed by atoms with Crippen molar-refractivity contribution in [1.82, 2.24) is 4.98 Å². The van der Waals surface area contributed by atoms with Gasteiger partial charge in [0, 0.05) is 30.0 Å². The summed E-state index contributed by atoms with van der Waals surface area (Å²) >= 11 is 1.61. The zero-order valence-electron chi connectivity index (χ0n) is 9.66. The summed E-state index contributed by atoms with van der Waals surface area (Å²) in [6.07, 6.45) is 2.22. The van der Waals surface area contributed by atoms with Gasteiger partial charge in [0.1, 0.15) is 6.61 Å². The van der Waals surface area contributed by atoms with Crippen LogP contribution in [0.3, 0.4) is 0 Å². The first kappa shape index (κ1) is 12.3. The lowest BCUT2D eigenvalue weighted by Gasteiger charge is -2.13. The topological polar surface area (TPSA) is 39.2 Å². The molecule has 0 aliphatic heterocycles. The maximum atomic E-state index is 11.3. The van der Waals surface area contributed by atoms with Crippen LogP contribution in [0.15, 0.2) is 6.20 Å². The highest BCUT2D eigenvalue weighted by molar-refractivity contribution is 7.11. The Morgan fingerprint density at radius 3 is 2.67 bits per heavy atom. The number of aromatic nitrogens is 1. The number of rotatable bonds is 4. The van der Waals surface area contributed by atoms with Gasteiger partial charge in [0.25, 0.3) is 0 Å². The van der Waals surface area contributed by atoms with Crippen molar-refractivity contribution in [2.75, 3.05) is 13.7 Å². The number of Topliss-reactive ketones (excluding diaryl/α,β-unsaturated/α-hetero) is 1. The summed E-state index contributed by atoms with van der Waals surface area (Å²) in [5.41, 5.74) is 0.0627. The van der Waals surface area contributed by atoms with Crippen LogP contribution in [0.1, 0.15) is 30.7 Å². The Bertz CT molecular complexity index is 339.